The number of rotatable bonds is 2. The van der Waals surface area contributed by atoms with E-state index in [1.54, 1.807) is 6.07 Å². The SMILES string of the molecule is CC1CCN(c2ccc(C(=O)O)c(Br)c2)CC1. The van der Waals surface area contributed by atoms with Crippen LogP contribution in [0.5, 0.6) is 0 Å². The molecule has 4 heteroatoms. The predicted molar refractivity (Wildman–Crippen MR) is 71.7 cm³/mol. The van der Waals surface area contributed by atoms with Gasteiger partial charge in [0, 0.05) is 23.2 Å². The van der Waals surface area contributed by atoms with Crippen molar-refractivity contribution in [2.24, 2.45) is 5.92 Å². The van der Waals surface area contributed by atoms with E-state index in [-0.39, 0.29) is 0 Å². The zero-order chi connectivity index (χ0) is 12.4. The molecule has 1 aliphatic rings. The highest BCUT2D eigenvalue weighted by Gasteiger charge is 2.17. The van der Waals surface area contributed by atoms with Crippen LogP contribution in [0.1, 0.15) is 30.1 Å². The van der Waals surface area contributed by atoms with Gasteiger partial charge in [0.15, 0.2) is 0 Å². The molecule has 0 radical (unpaired) electrons. The molecule has 0 atom stereocenters. The highest BCUT2D eigenvalue weighted by molar-refractivity contribution is 9.10. The second kappa shape index (κ2) is 5.08. The first-order chi connectivity index (χ1) is 8.08. The van der Waals surface area contributed by atoms with E-state index in [1.807, 2.05) is 12.1 Å². The van der Waals surface area contributed by atoms with Gasteiger partial charge in [0.2, 0.25) is 0 Å². The molecule has 92 valence electrons. The number of piperidine rings is 1. The molecule has 0 aromatic heterocycles. The van der Waals surface area contributed by atoms with E-state index < -0.39 is 5.97 Å². The van der Waals surface area contributed by atoms with Gasteiger partial charge >= 0.3 is 5.97 Å². The summed E-state index contributed by atoms with van der Waals surface area (Å²) in [5.74, 6) is -0.0938. The number of carboxylic acid groups (broad SMARTS) is 1. The predicted octanol–water partition coefficient (Wildman–Crippen LogP) is 3.38. The third-order valence-corrected chi connectivity index (χ3v) is 3.99. The van der Waals surface area contributed by atoms with Crippen molar-refractivity contribution >= 4 is 27.6 Å². The molecule has 1 N–H and O–H groups in total. The first-order valence-electron chi connectivity index (χ1n) is 5.85. The van der Waals surface area contributed by atoms with Crippen molar-refractivity contribution in [2.75, 3.05) is 18.0 Å². The Morgan fingerprint density at radius 3 is 2.59 bits per heavy atom. The third kappa shape index (κ3) is 2.80. The number of halogens is 1. The minimum Gasteiger partial charge on any atom is -0.478 e. The Morgan fingerprint density at radius 1 is 1.41 bits per heavy atom. The summed E-state index contributed by atoms with van der Waals surface area (Å²) in [7, 11) is 0. The van der Waals surface area contributed by atoms with Crippen molar-refractivity contribution in [1.82, 2.24) is 0 Å². The van der Waals surface area contributed by atoms with Gasteiger partial charge in [0.05, 0.1) is 5.56 Å². The second-order valence-corrected chi connectivity index (χ2v) is 5.49. The van der Waals surface area contributed by atoms with Gasteiger partial charge in [0.1, 0.15) is 0 Å². The van der Waals surface area contributed by atoms with Gasteiger partial charge in [-0.25, -0.2) is 4.79 Å². The van der Waals surface area contributed by atoms with Crippen LogP contribution in [0.2, 0.25) is 0 Å². The van der Waals surface area contributed by atoms with Gasteiger partial charge < -0.3 is 10.0 Å². The maximum Gasteiger partial charge on any atom is 0.336 e. The molecule has 3 nitrogen and oxygen atoms in total. The Morgan fingerprint density at radius 2 is 2.06 bits per heavy atom. The molecule has 1 saturated heterocycles. The molecule has 1 aromatic rings. The van der Waals surface area contributed by atoms with Gasteiger partial charge in [-0.2, -0.15) is 0 Å². The Labute approximate surface area is 110 Å². The van der Waals surface area contributed by atoms with Gasteiger partial charge in [0.25, 0.3) is 0 Å². The lowest BCUT2D eigenvalue weighted by Crippen LogP contribution is -2.32. The summed E-state index contributed by atoms with van der Waals surface area (Å²) in [6.07, 6.45) is 2.41. The van der Waals surface area contributed by atoms with Crippen molar-refractivity contribution in [3.05, 3.63) is 28.2 Å². The van der Waals surface area contributed by atoms with E-state index in [9.17, 15) is 4.79 Å². The standard InChI is InChI=1S/C13H16BrNO2/c1-9-4-6-15(7-5-9)10-2-3-11(13(16)17)12(14)8-10/h2-3,8-9H,4-7H2,1H3,(H,16,17). The number of nitrogens with zero attached hydrogens (tertiary/aromatic N) is 1. The Kier molecular flexibility index (Phi) is 3.72. The second-order valence-electron chi connectivity index (χ2n) is 4.64. The lowest BCUT2D eigenvalue weighted by molar-refractivity contribution is 0.0696. The number of hydrogen-bond acceptors (Lipinski definition) is 2. The van der Waals surface area contributed by atoms with Crippen molar-refractivity contribution < 1.29 is 9.90 Å². The molecule has 0 saturated carbocycles. The highest BCUT2D eigenvalue weighted by atomic mass is 79.9. The summed E-state index contributed by atoms with van der Waals surface area (Å²) >= 11 is 3.32. The van der Waals surface area contributed by atoms with Crippen LogP contribution in [0.4, 0.5) is 5.69 Å². The fraction of sp³-hybridized carbons (Fsp3) is 0.462. The van der Waals surface area contributed by atoms with Crippen LogP contribution in [0.3, 0.4) is 0 Å². The topological polar surface area (TPSA) is 40.5 Å². The number of benzene rings is 1. The van der Waals surface area contributed by atoms with Crippen LogP contribution >= 0.6 is 15.9 Å². The first-order valence-corrected chi connectivity index (χ1v) is 6.65. The monoisotopic (exact) mass is 297 g/mol. The quantitative estimate of drug-likeness (QED) is 0.910. The summed E-state index contributed by atoms with van der Waals surface area (Å²) in [4.78, 5) is 13.2. The number of hydrogen-bond donors (Lipinski definition) is 1. The third-order valence-electron chi connectivity index (χ3n) is 3.33. The molecule has 0 bridgehead atoms. The fourth-order valence-corrected chi connectivity index (χ4v) is 2.68. The fourth-order valence-electron chi connectivity index (χ4n) is 2.14. The summed E-state index contributed by atoms with van der Waals surface area (Å²) in [6, 6.07) is 5.46. The summed E-state index contributed by atoms with van der Waals surface area (Å²) in [6.45, 7) is 4.39. The molecule has 0 aliphatic carbocycles. The van der Waals surface area contributed by atoms with Crippen LogP contribution in [0, 0.1) is 5.92 Å². The van der Waals surface area contributed by atoms with Crippen molar-refractivity contribution in [1.29, 1.82) is 0 Å². The molecule has 1 aromatic carbocycles. The van der Waals surface area contributed by atoms with Crippen molar-refractivity contribution in [3.8, 4) is 0 Å². The zero-order valence-corrected chi connectivity index (χ0v) is 11.4. The molecular formula is C13H16BrNO2. The van der Waals surface area contributed by atoms with E-state index in [0.29, 0.717) is 10.0 Å². The van der Waals surface area contributed by atoms with E-state index in [4.69, 9.17) is 5.11 Å². The van der Waals surface area contributed by atoms with E-state index >= 15 is 0 Å². The summed E-state index contributed by atoms with van der Waals surface area (Å²) in [5.41, 5.74) is 1.42. The lowest BCUT2D eigenvalue weighted by Gasteiger charge is -2.32. The Bertz CT molecular complexity index is 425. The minimum absolute atomic E-state index is 0.319. The van der Waals surface area contributed by atoms with Gasteiger partial charge in [-0.05, 0) is 52.9 Å². The summed E-state index contributed by atoms with van der Waals surface area (Å²) in [5, 5.41) is 8.96. The number of aromatic carboxylic acids is 1. The molecule has 17 heavy (non-hydrogen) atoms. The maximum absolute atomic E-state index is 10.9. The molecule has 0 spiro atoms. The van der Waals surface area contributed by atoms with Gasteiger partial charge in [-0.1, -0.05) is 6.92 Å². The molecule has 0 unspecified atom stereocenters. The van der Waals surface area contributed by atoms with Crippen molar-refractivity contribution in [3.63, 3.8) is 0 Å². The van der Waals surface area contributed by atoms with Gasteiger partial charge in [-0.3, -0.25) is 0 Å². The Hall–Kier alpha value is -1.03. The van der Waals surface area contributed by atoms with Crippen LogP contribution in [-0.4, -0.2) is 24.2 Å². The van der Waals surface area contributed by atoms with Crippen LogP contribution in [-0.2, 0) is 0 Å². The first kappa shape index (κ1) is 12.4. The van der Waals surface area contributed by atoms with E-state index in [1.165, 1.54) is 12.8 Å². The number of carboxylic acids is 1. The van der Waals surface area contributed by atoms with E-state index in [0.717, 1.165) is 24.7 Å². The van der Waals surface area contributed by atoms with Crippen LogP contribution in [0.15, 0.2) is 22.7 Å². The number of carbonyl (C=O) groups is 1. The average Bonchev–Trinajstić information content (AvgIpc) is 2.29. The molecular weight excluding hydrogens is 282 g/mol. The zero-order valence-electron chi connectivity index (χ0n) is 9.82. The molecule has 1 heterocycles. The molecule has 1 fully saturated rings. The highest BCUT2D eigenvalue weighted by Crippen LogP contribution is 2.27. The molecule has 2 rings (SSSR count). The largest absolute Gasteiger partial charge is 0.478 e. The van der Waals surface area contributed by atoms with Crippen molar-refractivity contribution in [2.45, 2.75) is 19.8 Å². The number of anilines is 1. The van der Waals surface area contributed by atoms with Crippen LogP contribution < -0.4 is 4.90 Å². The normalized spacial score (nSPS) is 17.2. The van der Waals surface area contributed by atoms with Crippen LogP contribution in [0.25, 0.3) is 0 Å². The molecule has 1 aliphatic heterocycles. The summed E-state index contributed by atoms with van der Waals surface area (Å²) < 4.78 is 0.654. The minimum atomic E-state index is -0.893. The average molecular weight is 298 g/mol. The Balaban J connectivity index is 2.17. The van der Waals surface area contributed by atoms with Gasteiger partial charge in [-0.15, -0.1) is 0 Å². The smallest absolute Gasteiger partial charge is 0.336 e. The maximum atomic E-state index is 10.9. The molecule has 0 amide bonds. The van der Waals surface area contributed by atoms with E-state index in [2.05, 4.69) is 27.8 Å². The lowest BCUT2D eigenvalue weighted by atomic mass is 9.99.